The summed E-state index contributed by atoms with van der Waals surface area (Å²) in [4.78, 5) is 21.7. The van der Waals surface area contributed by atoms with Crippen LogP contribution in [0.25, 0.3) is 0 Å². The van der Waals surface area contributed by atoms with Crippen molar-refractivity contribution >= 4 is 17.6 Å². The zero-order valence-corrected chi connectivity index (χ0v) is 7.11. The Labute approximate surface area is 79.3 Å². The monoisotopic (exact) mass is 193 g/mol. The highest BCUT2D eigenvalue weighted by Gasteiger charge is 2.21. The number of carbonyl (C=O) groups excluding carboxylic acids is 1. The lowest BCUT2D eigenvalue weighted by atomic mass is 10.1. The Balaban J connectivity index is 2.52. The maximum absolute atomic E-state index is 10.9. The van der Waals surface area contributed by atoms with Gasteiger partial charge in [0.1, 0.15) is 5.56 Å². The van der Waals surface area contributed by atoms with Crippen molar-refractivity contribution in [3.05, 3.63) is 23.8 Å². The predicted octanol–water partition coefficient (Wildman–Crippen LogP) is 0.716. The number of carbonyl (C=O) groups is 2. The molecule has 1 aliphatic heterocycles. The molecule has 0 bridgehead atoms. The molecule has 0 unspecified atom stereocenters. The summed E-state index contributed by atoms with van der Waals surface area (Å²) in [6.45, 7) is -0.142. The van der Waals surface area contributed by atoms with Crippen molar-refractivity contribution in [3.63, 3.8) is 0 Å². The fraction of sp³-hybridized carbons (Fsp3) is 0.111. The molecule has 0 radical (unpaired) electrons. The van der Waals surface area contributed by atoms with Gasteiger partial charge in [0.25, 0.3) is 5.91 Å². The van der Waals surface area contributed by atoms with E-state index < -0.39 is 5.97 Å². The third-order valence-corrected chi connectivity index (χ3v) is 1.87. The first-order valence-corrected chi connectivity index (χ1v) is 3.97. The lowest BCUT2D eigenvalue weighted by Gasteiger charge is -2.18. The maximum Gasteiger partial charge on any atom is 0.339 e. The summed E-state index contributed by atoms with van der Waals surface area (Å²) < 4.78 is 5.04. The van der Waals surface area contributed by atoms with Crippen LogP contribution in [0.2, 0.25) is 0 Å². The summed E-state index contributed by atoms with van der Waals surface area (Å²) in [6.07, 6.45) is 0. The molecular formula is C9H7NO4. The third kappa shape index (κ3) is 1.28. The van der Waals surface area contributed by atoms with E-state index in [9.17, 15) is 9.59 Å². The molecule has 2 N–H and O–H groups in total. The van der Waals surface area contributed by atoms with E-state index in [1.165, 1.54) is 6.07 Å². The number of amides is 1. The number of aromatic carboxylic acids is 1. The van der Waals surface area contributed by atoms with E-state index in [-0.39, 0.29) is 23.8 Å². The number of carboxylic acid groups (broad SMARTS) is 1. The summed E-state index contributed by atoms with van der Waals surface area (Å²) in [5, 5.41) is 11.3. The van der Waals surface area contributed by atoms with Crippen LogP contribution in [-0.4, -0.2) is 23.6 Å². The van der Waals surface area contributed by atoms with Crippen LogP contribution in [-0.2, 0) is 4.79 Å². The number of fused-ring (bicyclic) bond motifs is 1. The Hall–Kier alpha value is -2.04. The molecule has 72 valence electrons. The zero-order valence-electron chi connectivity index (χ0n) is 7.11. The number of para-hydroxylation sites is 1. The molecule has 0 aliphatic carbocycles. The zero-order chi connectivity index (χ0) is 10.1. The van der Waals surface area contributed by atoms with E-state index in [4.69, 9.17) is 9.84 Å². The van der Waals surface area contributed by atoms with Gasteiger partial charge in [-0.3, -0.25) is 4.79 Å². The van der Waals surface area contributed by atoms with Gasteiger partial charge in [0.2, 0.25) is 0 Å². The van der Waals surface area contributed by atoms with Gasteiger partial charge in [-0.1, -0.05) is 6.07 Å². The average molecular weight is 193 g/mol. The van der Waals surface area contributed by atoms with Crippen molar-refractivity contribution in [3.8, 4) is 5.75 Å². The van der Waals surface area contributed by atoms with E-state index in [1.54, 1.807) is 12.1 Å². The molecule has 0 spiro atoms. The molecule has 1 aromatic carbocycles. The molecule has 5 nitrogen and oxygen atoms in total. The molecule has 0 saturated heterocycles. The number of benzene rings is 1. The Bertz CT molecular complexity index is 413. The van der Waals surface area contributed by atoms with E-state index in [0.717, 1.165) is 0 Å². The van der Waals surface area contributed by atoms with Crippen LogP contribution in [0.15, 0.2) is 18.2 Å². The van der Waals surface area contributed by atoms with Crippen LogP contribution in [0.4, 0.5) is 5.69 Å². The fourth-order valence-electron chi connectivity index (χ4n) is 1.28. The molecule has 14 heavy (non-hydrogen) atoms. The van der Waals surface area contributed by atoms with Crippen molar-refractivity contribution in [1.82, 2.24) is 0 Å². The minimum atomic E-state index is -1.07. The molecule has 1 heterocycles. The molecule has 0 aromatic heterocycles. The van der Waals surface area contributed by atoms with Gasteiger partial charge in [-0.25, -0.2) is 4.79 Å². The highest BCUT2D eigenvalue weighted by molar-refractivity contribution is 6.00. The second-order valence-corrected chi connectivity index (χ2v) is 2.82. The van der Waals surface area contributed by atoms with Gasteiger partial charge in [0.05, 0.1) is 5.69 Å². The summed E-state index contributed by atoms with van der Waals surface area (Å²) in [6, 6.07) is 4.58. The standard InChI is InChI=1S/C9H7NO4/c11-7-4-14-8-5(9(12)13)2-1-3-6(8)10-7/h1-3H,4H2,(H,10,11)(H,12,13). The molecular weight excluding hydrogens is 186 g/mol. The molecule has 1 aromatic rings. The van der Waals surface area contributed by atoms with Gasteiger partial charge < -0.3 is 15.2 Å². The first kappa shape index (κ1) is 8.55. The van der Waals surface area contributed by atoms with Crippen LogP contribution in [0.5, 0.6) is 5.75 Å². The van der Waals surface area contributed by atoms with E-state index in [0.29, 0.717) is 5.69 Å². The SMILES string of the molecule is O=C1COc2c(cccc2C(=O)O)N1. The highest BCUT2D eigenvalue weighted by Crippen LogP contribution is 2.31. The number of anilines is 1. The highest BCUT2D eigenvalue weighted by atomic mass is 16.5. The Morgan fingerprint density at radius 3 is 3.00 bits per heavy atom. The van der Waals surface area contributed by atoms with Crippen LogP contribution < -0.4 is 10.1 Å². The van der Waals surface area contributed by atoms with E-state index in [1.807, 2.05) is 0 Å². The van der Waals surface area contributed by atoms with Gasteiger partial charge >= 0.3 is 5.97 Å². The molecule has 2 rings (SSSR count). The average Bonchev–Trinajstić information content (AvgIpc) is 2.16. The number of rotatable bonds is 1. The summed E-state index contributed by atoms with van der Waals surface area (Å²) in [7, 11) is 0. The van der Waals surface area contributed by atoms with Crippen LogP contribution in [0, 0.1) is 0 Å². The van der Waals surface area contributed by atoms with Crippen molar-refractivity contribution in [2.75, 3.05) is 11.9 Å². The number of nitrogens with one attached hydrogen (secondary N) is 1. The number of ether oxygens (including phenoxy) is 1. The normalized spacial score (nSPS) is 13.9. The molecule has 0 fully saturated rings. The van der Waals surface area contributed by atoms with Gasteiger partial charge in [-0.2, -0.15) is 0 Å². The lowest BCUT2D eigenvalue weighted by molar-refractivity contribution is -0.118. The van der Waals surface area contributed by atoms with Crippen molar-refractivity contribution < 1.29 is 19.4 Å². The third-order valence-electron chi connectivity index (χ3n) is 1.87. The van der Waals surface area contributed by atoms with Gasteiger partial charge in [0.15, 0.2) is 12.4 Å². The van der Waals surface area contributed by atoms with Crippen LogP contribution in [0.3, 0.4) is 0 Å². The largest absolute Gasteiger partial charge is 0.481 e. The van der Waals surface area contributed by atoms with E-state index >= 15 is 0 Å². The van der Waals surface area contributed by atoms with Crippen molar-refractivity contribution in [1.29, 1.82) is 0 Å². The molecule has 5 heteroatoms. The predicted molar refractivity (Wildman–Crippen MR) is 47.5 cm³/mol. The van der Waals surface area contributed by atoms with Crippen molar-refractivity contribution in [2.24, 2.45) is 0 Å². The molecule has 1 amide bonds. The second-order valence-electron chi connectivity index (χ2n) is 2.82. The Morgan fingerprint density at radius 1 is 1.50 bits per heavy atom. The minimum Gasteiger partial charge on any atom is -0.481 e. The molecule has 0 saturated carbocycles. The molecule has 1 aliphatic rings. The number of carboxylic acids is 1. The smallest absolute Gasteiger partial charge is 0.339 e. The summed E-state index contributed by atoms with van der Waals surface area (Å²) in [5.41, 5.74) is 0.462. The second kappa shape index (κ2) is 3.02. The number of hydrogen-bond acceptors (Lipinski definition) is 3. The quantitative estimate of drug-likeness (QED) is 0.688. The fourth-order valence-corrected chi connectivity index (χ4v) is 1.28. The maximum atomic E-state index is 10.9. The van der Waals surface area contributed by atoms with E-state index in [2.05, 4.69) is 5.32 Å². The first-order valence-electron chi connectivity index (χ1n) is 3.97. The van der Waals surface area contributed by atoms with Gasteiger partial charge in [0, 0.05) is 0 Å². The van der Waals surface area contributed by atoms with Gasteiger partial charge in [-0.15, -0.1) is 0 Å². The Morgan fingerprint density at radius 2 is 2.29 bits per heavy atom. The number of hydrogen-bond donors (Lipinski definition) is 2. The van der Waals surface area contributed by atoms with Crippen molar-refractivity contribution in [2.45, 2.75) is 0 Å². The first-order chi connectivity index (χ1) is 6.68. The summed E-state index contributed by atoms with van der Waals surface area (Å²) in [5.74, 6) is -1.13. The Kier molecular flexibility index (Phi) is 1.85. The molecule has 0 atom stereocenters. The summed E-state index contributed by atoms with van der Waals surface area (Å²) >= 11 is 0. The van der Waals surface area contributed by atoms with Crippen LogP contribution in [0.1, 0.15) is 10.4 Å². The van der Waals surface area contributed by atoms with Gasteiger partial charge in [-0.05, 0) is 12.1 Å². The lowest BCUT2D eigenvalue weighted by Crippen LogP contribution is -2.26. The minimum absolute atomic E-state index is 0.0579. The van der Waals surface area contributed by atoms with Crippen LogP contribution >= 0.6 is 0 Å². The topological polar surface area (TPSA) is 75.6 Å².